The van der Waals surface area contributed by atoms with Gasteiger partial charge in [0, 0.05) is 17.3 Å². The summed E-state index contributed by atoms with van der Waals surface area (Å²) < 4.78 is 0. The third-order valence-corrected chi connectivity index (χ3v) is 6.97. The Kier molecular flexibility index (Phi) is 2.38. The van der Waals surface area contributed by atoms with Gasteiger partial charge in [0.05, 0.1) is 6.10 Å². The van der Waals surface area contributed by atoms with Gasteiger partial charge >= 0.3 is 0 Å². The maximum Gasteiger partial charge on any atom is 0.139 e. The molecule has 0 aromatic heterocycles. The van der Waals surface area contributed by atoms with Crippen LogP contribution in [0.4, 0.5) is 0 Å². The summed E-state index contributed by atoms with van der Waals surface area (Å²) in [5.41, 5.74) is 0.149. The van der Waals surface area contributed by atoms with Gasteiger partial charge in [-0.15, -0.1) is 0 Å². The molecule has 0 aromatic carbocycles. The molecule has 1 N–H and O–H groups in total. The Labute approximate surface area is 110 Å². The first-order valence-corrected chi connectivity index (χ1v) is 7.44. The van der Waals surface area contributed by atoms with Crippen molar-refractivity contribution in [3.8, 4) is 0 Å². The van der Waals surface area contributed by atoms with Crippen molar-refractivity contribution >= 4 is 5.78 Å². The highest BCUT2D eigenvalue weighted by Gasteiger charge is 2.67. The Balaban J connectivity index is 2.02. The van der Waals surface area contributed by atoms with Gasteiger partial charge in [0.25, 0.3) is 0 Å². The monoisotopic (exact) mass is 250 g/mol. The number of ketones is 1. The van der Waals surface area contributed by atoms with Crippen molar-refractivity contribution in [2.75, 3.05) is 0 Å². The third-order valence-electron chi connectivity index (χ3n) is 6.97. The minimum atomic E-state index is -0.215. The van der Waals surface area contributed by atoms with Crippen molar-refractivity contribution < 1.29 is 9.90 Å². The predicted octanol–water partition coefficient (Wildman–Crippen LogP) is 3.18. The van der Waals surface area contributed by atoms with Crippen LogP contribution in [0.2, 0.25) is 0 Å². The molecular weight excluding hydrogens is 224 g/mol. The number of aliphatic hydroxyl groups excluding tert-OH is 1. The van der Waals surface area contributed by atoms with E-state index in [0.29, 0.717) is 29.5 Å². The van der Waals surface area contributed by atoms with E-state index in [0.717, 1.165) is 25.7 Å². The van der Waals surface area contributed by atoms with E-state index in [1.54, 1.807) is 0 Å². The normalized spacial score (nSPS) is 54.3. The standard InChI is InChI=1S/C16H26O2/c1-14(2)7-6-12(17)16(4)10(14)5-8-15(3)11(16)9-13(15)18/h10-12,17H,5-9H2,1-4H3/t10-,11-,12+,15-,16-/m1/s1. The zero-order valence-corrected chi connectivity index (χ0v) is 12.1. The molecule has 0 amide bonds. The maximum absolute atomic E-state index is 12.0. The molecule has 0 heterocycles. The molecule has 3 aliphatic carbocycles. The van der Waals surface area contributed by atoms with Gasteiger partial charge in [-0.3, -0.25) is 4.79 Å². The summed E-state index contributed by atoms with van der Waals surface area (Å²) in [6.45, 7) is 9.10. The molecule has 5 atom stereocenters. The van der Waals surface area contributed by atoms with Gasteiger partial charge in [0.1, 0.15) is 5.78 Å². The quantitative estimate of drug-likeness (QED) is 0.717. The summed E-state index contributed by atoms with van der Waals surface area (Å²) in [6.07, 6.45) is 4.66. The van der Waals surface area contributed by atoms with Crippen molar-refractivity contribution in [3.05, 3.63) is 0 Å². The number of hydrogen-bond acceptors (Lipinski definition) is 2. The zero-order valence-electron chi connectivity index (χ0n) is 12.1. The number of aliphatic hydroxyl groups is 1. The van der Waals surface area contributed by atoms with E-state index in [4.69, 9.17) is 0 Å². The lowest BCUT2D eigenvalue weighted by molar-refractivity contribution is -0.215. The smallest absolute Gasteiger partial charge is 0.139 e. The fourth-order valence-corrected chi connectivity index (χ4v) is 5.62. The fraction of sp³-hybridized carbons (Fsp3) is 0.938. The lowest BCUT2D eigenvalue weighted by Crippen LogP contribution is -2.67. The zero-order chi connectivity index (χ0) is 13.3. The summed E-state index contributed by atoms with van der Waals surface area (Å²) in [4.78, 5) is 12.0. The Morgan fingerprint density at radius 1 is 1.06 bits per heavy atom. The van der Waals surface area contributed by atoms with Gasteiger partial charge in [-0.1, -0.05) is 27.7 Å². The number of hydrogen-bond donors (Lipinski definition) is 1. The second kappa shape index (κ2) is 3.39. The van der Waals surface area contributed by atoms with E-state index in [-0.39, 0.29) is 16.9 Å². The molecule has 0 aromatic rings. The van der Waals surface area contributed by atoms with Gasteiger partial charge in [0.15, 0.2) is 0 Å². The Morgan fingerprint density at radius 3 is 2.33 bits per heavy atom. The summed E-state index contributed by atoms with van der Waals surface area (Å²) in [5, 5.41) is 10.6. The number of rotatable bonds is 0. The Hall–Kier alpha value is -0.370. The van der Waals surface area contributed by atoms with Crippen LogP contribution in [0, 0.1) is 28.1 Å². The molecule has 0 saturated heterocycles. The van der Waals surface area contributed by atoms with E-state index in [2.05, 4.69) is 27.7 Å². The molecule has 0 radical (unpaired) electrons. The highest BCUT2D eigenvalue weighted by atomic mass is 16.3. The second-order valence-corrected chi connectivity index (χ2v) is 8.10. The SMILES string of the molecule is CC1(C)CC[C@H](O)[C@]2(C)[C@@H]1CC[C@@]1(C)C(=O)C[C@@H]21. The predicted molar refractivity (Wildman–Crippen MR) is 71.1 cm³/mol. The number of Topliss-reactive ketones (excluding diaryl/α,β-unsaturated/α-hetero) is 1. The van der Waals surface area contributed by atoms with Crippen LogP contribution < -0.4 is 0 Å². The van der Waals surface area contributed by atoms with Crippen molar-refractivity contribution in [2.45, 2.75) is 65.9 Å². The summed E-state index contributed by atoms with van der Waals surface area (Å²) in [7, 11) is 0. The van der Waals surface area contributed by atoms with Crippen LogP contribution in [0.5, 0.6) is 0 Å². The van der Waals surface area contributed by atoms with E-state index < -0.39 is 0 Å². The van der Waals surface area contributed by atoms with Crippen LogP contribution in [0.3, 0.4) is 0 Å². The number of fused-ring (bicyclic) bond motifs is 3. The molecule has 2 heteroatoms. The minimum absolute atomic E-state index is 0.0390. The molecule has 2 nitrogen and oxygen atoms in total. The minimum Gasteiger partial charge on any atom is -0.393 e. The molecule has 0 unspecified atom stereocenters. The van der Waals surface area contributed by atoms with Gasteiger partial charge in [0.2, 0.25) is 0 Å². The van der Waals surface area contributed by atoms with Crippen molar-refractivity contribution in [1.29, 1.82) is 0 Å². The first kappa shape index (κ1) is 12.7. The average molecular weight is 250 g/mol. The highest BCUT2D eigenvalue weighted by molar-refractivity contribution is 5.91. The van der Waals surface area contributed by atoms with Gasteiger partial charge < -0.3 is 5.11 Å². The Morgan fingerprint density at radius 2 is 1.72 bits per heavy atom. The summed E-state index contributed by atoms with van der Waals surface area (Å²) in [5.74, 6) is 1.41. The second-order valence-electron chi connectivity index (χ2n) is 8.10. The average Bonchev–Trinajstić information content (AvgIpc) is 2.29. The van der Waals surface area contributed by atoms with E-state index in [9.17, 15) is 9.90 Å². The molecule has 18 heavy (non-hydrogen) atoms. The molecule has 3 rings (SSSR count). The van der Waals surface area contributed by atoms with Crippen LogP contribution in [0.15, 0.2) is 0 Å². The van der Waals surface area contributed by atoms with Crippen LogP contribution in [0.1, 0.15) is 59.8 Å². The van der Waals surface area contributed by atoms with Crippen molar-refractivity contribution in [1.82, 2.24) is 0 Å². The van der Waals surface area contributed by atoms with E-state index in [1.165, 1.54) is 0 Å². The van der Waals surface area contributed by atoms with E-state index >= 15 is 0 Å². The summed E-state index contributed by atoms with van der Waals surface area (Å²) in [6, 6.07) is 0. The first-order valence-electron chi connectivity index (χ1n) is 7.44. The topological polar surface area (TPSA) is 37.3 Å². The summed E-state index contributed by atoms with van der Waals surface area (Å²) >= 11 is 0. The molecule has 0 aliphatic heterocycles. The largest absolute Gasteiger partial charge is 0.393 e. The van der Waals surface area contributed by atoms with E-state index in [1.807, 2.05) is 0 Å². The van der Waals surface area contributed by atoms with Crippen LogP contribution in [0.25, 0.3) is 0 Å². The molecule has 3 saturated carbocycles. The molecule has 0 bridgehead atoms. The fourth-order valence-electron chi connectivity index (χ4n) is 5.62. The molecular formula is C16H26O2. The van der Waals surface area contributed by atoms with Crippen LogP contribution in [-0.2, 0) is 4.79 Å². The molecule has 3 aliphatic rings. The van der Waals surface area contributed by atoms with Crippen molar-refractivity contribution in [2.24, 2.45) is 28.1 Å². The van der Waals surface area contributed by atoms with Gasteiger partial charge in [-0.2, -0.15) is 0 Å². The molecule has 0 spiro atoms. The molecule has 102 valence electrons. The number of carbonyl (C=O) groups excluding carboxylic acids is 1. The maximum atomic E-state index is 12.0. The highest BCUT2D eigenvalue weighted by Crippen LogP contribution is 2.68. The van der Waals surface area contributed by atoms with Gasteiger partial charge in [-0.05, 0) is 42.9 Å². The lowest BCUT2D eigenvalue weighted by Gasteiger charge is -2.67. The third kappa shape index (κ3) is 1.25. The lowest BCUT2D eigenvalue weighted by atomic mass is 9.37. The van der Waals surface area contributed by atoms with Crippen LogP contribution in [-0.4, -0.2) is 17.0 Å². The first-order chi connectivity index (χ1) is 8.23. The Bertz CT molecular complexity index is 400. The van der Waals surface area contributed by atoms with Crippen molar-refractivity contribution in [3.63, 3.8) is 0 Å². The van der Waals surface area contributed by atoms with Gasteiger partial charge in [-0.25, -0.2) is 0 Å². The molecule has 3 fully saturated rings. The number of carbonyl (C=O) groups is 1. The van der Waals surface area contributed by atoms with Crippen LogP contribution >= 0.6 is 0 Å².